The molecule has 102 valence electrons. The van der Waals surface area contributed by atoms with Crippen molar-refractivity contribution in [3.8, 4) is 0 Å². The van der Waals surface area contributed by atoms with Crippen LogP contribution in [-0.4, -0.2) is 27.4 Å². The lowest BCUT2D eigenvalue weighted by Gasteiger charge is -2.36. The number of halogens is 1. The number of hydrogen-bond donors (Lipinski definition) is 0. The zero-order chi connectivity index (χ0) is 12.9. The molecule has 0 bridgehead atoms. The van der Waals surface area contributed by atoms with Crippen molar-refractivity contribution < 1.29 is 13.2 Å². The van der Waals surface area contributed by atoms with Gasteiger partial charge in [0, 0.05) is 22.7 Å². The number of rotatable bonds is 6. The van der Waals surface area contributed by atoms with Crippen LogP contribution >= 0.6 is 10.7 Å². The molecule has 0 N–H and O–H groups in total. The second kappa shape index (κ2) is 6.39. The maximum atomic E-state index is 11.3. The summed E-state index contributed by atoms with van der Waals surface area (Å²) >= 11 is 0. The minimum absolute atomic E-state index is 0.0552. The Kier molecular flexibility index (Phi) is 5.74. The van der Waals surface area contributed by atoms with Gasteiger partial charge in [0.05, 0.1) is 12.4 Å². The Bertz CT molecular complexity index is 319. The molecular formula is C12H23ClO3S. The zero-order valence-electron chi connectivity index (χ0n) is 10.7. The lowest BCUT2D eigenvalue weighted by molar-refractivity contribution is 0.0214. The average molecular weight is 283 g/mol. The zero-order valence-corrected chi connectivity index (χ0v) is 12.3. The molecule has 0 unspecified atom stereocenters. The van der Waals surface area contributed by atoms with E-state index in [1.165, 1.54) is 6.42 Å². The second-order valence-electron chi connectivity index (χ2n) is 5.65. The minimum atomic E-state index is -3.44. The van der Waals surface area contributed by atoms with E-state index in [1.807, 2.05) is 0 Å². The summed E-state index contributed by atoms with van der Waals surface area (Å²) in [7, 11) is 1.97. The van der Waals surface area contributed by atoms with Crippen molar-refractivity contribution in [2.24, 2.45) is 11.3 Å². The number of hydrogen-bond acceptors (Lipinski definition) is 3. The Hall–Kier alpha value is 0.200. The summed E-state index contributed by atoms with van der Waals surface area (Å²) in [4.78, 5) is 0. The SMILES string of the molecule is CC(C)COCC1(CS(=O)(=O)Cl)CCCCC1. The van der Waals surface area contributed by atoms with E-state index in [1.54, 1.807) is 0 Å². The van der Waals surface area contributed by atoms with Crippen LogP contribution in [-0.2, 0) is 13.8 Å². The summed E-state index contributed by atoms with van der Waals surface area (Å²) in [5.41, 5.74) is -0.242. The van der Waals surface area contributed by atoms with Gasteiger partial charge in [-0.1, -0.05) is 33.1 Å². The van der Waals surface area contributed by atoms with Gasteiger partial charge in [-0.25, -0.2) is 8.42 Å². The van der Waals surface area contributed by atoms with E-state index in [2.05, 4.69) is 13.8 Å². The highest BCUT2D eigenvalue weighted by Crippen LogP contribution is 2.38. The van der Waals surface area contributed by atoms with Gasteiger partial charge < -0.3 is 4.74 Å². The van der Waals surface area contributed by atoms with Crippen molar-refractivity contribution in [2.45, 2.75) is 46.0 Å². The number of ether oxygens (including phenoxy) is 1. The van der Waals surface area contributed by atoms with Gasteiger partial charge in [-0.05, 0) is 18.8 Å². The van der Waals surface area contributed by atoms with Crippen LogP contribution in [0.15, 0.2) is 0 Å². The highest BCUT2D eigenvalue weighted by atomic mass is 35.7. The molecule has 0 aliphatic heterocycles. The molecule has 1 rings (SSSR count). The predicted octanol–water partition coefficient (Wildman–Crippen LogP) is 3.18. The van der Waals surface area contributed by atoms with Crippen LogP contribution < -0.4 is 0 Å². The van der Waals surface area contributed by atoms with Gasteiger partial charge in [0.2, 0.25) is 9.05 Å². The van der Waals surface area contributed by atoms with Gasteiger partial charge in [-0.3, -0.25) is 0 Å². The quantitative estimate of drug-likeness (QED) is 0.703. The minimum Gasteiger partial charge on any atom is -0.381 e. The lowest BCUT2D eigenvalue weighted by Crippen LogP contribution is -2.36. The molecule has 0 amide bonds. The summed E-state index contributed by atoms with van der Waals surface area (Å²) < 4.78 is 28.3. The lowest BCUT2D eigenvalue weighted by atomic mass is 9.76. The maximum absolute atomic E-state index is 11.3. The smallest absolute Gasteiger partial charge is 0.233 e. The third kappa shape index (κ3) is 6.07. The molecule has 1 saturated carbocycles. The van der Waals surface area contributed by atoms with Gasteiger partial charge in [-0.2, -0.15) is 0 Å². The third-order valence-corrected chi connectivity index (χ3v) is 4.54. The standard InChI is InChI=1S/C12H23ClO3S/c1-11(2)8-16-9-12(10-17(13,14)15)6-4-3-5-7-12/h11H,3-10H2,1-2H3. The largest absolute Gasteiger partial charge is 0.381 e. The normalized spacial score (nSPS) is 20.7. The molecule has 0 spiro atoms. The van der Waals surface area contributed by atoms with Crippen molar-refractivity contribution in [3.63, 3.8) is 0 Å². The molecule has 0 aromatic rings. The molecule has 1 aliphatic carbocycles. The van der Waals surface area contributed by atoms with Gasteiger partial charge in [0.15, 0.2) is 0 Å². The van der Waals surface area contributed by atoms with Crippen LogP contribution in [0.2, 0.25) is 0 Å². The van der Waals surface area contributed by atoms with Gasteiger partial charge in [0.1, 0.15) is 0 Å². The van der Waals surface area contributed by atoms with Crippen molar-refractivity contribution in [2.75, 3.05) is 19.0 Å². The molecule has 0 saturated heterocycles. The average Bonchev–Trinajstić information content (AvgIpc) is 2.15. The molecule has 0 radical (unpaired) electrons. The van der Waals surface area contributed by atoms with Gasteiger partial charge in [-0.15, -0.1) is 0 Å². The molecular weight excluding hydrogens is 260 g/mol. The Morgan fingerprint density at radius 2 is 1.82 bits per heavy atom. The van der Waals surface area contributed by atoms with Crippen LogP contribution in [0, 0.1) is 11.3 Å². The first-order valence-corrected chi connectivity index (χ1v) is 8.81. The molecule has 0 aromatic carbocycles. The highest BCUT2D eigenvalue weighted by Gasteiger charge is 2.36. The van der Waals surface area contributed by atoms with Crippen LogP contribution in [0.5, 0.6) is 0 Å². The topological polar surface area (TPSA) is 43.4 Å². The van der Waals surface area contributed by atoms with Gasteiger partial charge in [0.25, 0.3) is 0 Å². The van der Waals surface area contributed by atoms with E-state index in [-0.39, 0.29) is 11.2 Å². The van der Waals surface area contributed by atoms with Crippen LogP contribution in [0.25, 0.3) is 0 Å². The van der Waals surface area contributed by atoms with E-state index in [9.17, 15) is 8.42 Å². The summed E-state index contributed by atoms with van der Waals surface area (Å²) in [6.07, 6.45) is 5.18. The third-order valence-electron chi connectivity index (χ3n) is 3.25. The van der Waals surface area contributed by atoms with E-state index in [4.69, 9.17) is 15.4 Å². The Labute approximate surface area is 109 Å². The summed E-state index contributed by atoms with van der Waals surface area (Å²) in [5, 5.41) is 0. The predicted molar refractivity (Wildman–Crippen MR) is 70.8 cm³/mol. The molecule has 1 fully saturated rings. The van der Waals surface area contributed by atoms with Crippen LogP contribution in [0.1, 0.15) is 46.0 Å². The summed E-state index contributed by atoms with van der Waals surface area (Å²) in [6.45, 7) is 5.39. The van der Waals surface area contributed by atoms with E-state index in [0.29, 0.717) is 19.1 Å². The van der Waals surface area contributed by atoms with E-state index in [0.717, 1.165) is 25.7 Å². The van der Waals surface area contributed by atoms with Crippen molar-refractivity contribution in [1.29, 1.82) is 0 Å². The fourth-order valence-corrected chi connectivity index (χ4v) is 4.31. The molecule has 5 heteroatoms. The fraction of sp³-hybridized carbons (Fsp3) is 1.00. The first-order valence-electron chi connectivity index (χ1n) is 6.33. The second-order valence-corrected chi connectivity index (χ2v) is 8.43. The monoisotopic (exact) mass is 282 g/mol. The fourth-order valence-electron chi connectivity index (χ4n) is 2.51. The highest BCUT2D eigenvalue weighted by molar-refractivity contribution is 8.13. The molecule has 17 heavy (non-hydrogen) atoms. The van der Waals surface area contributed by atoms with E-state index >= 15 is 0 Å². The van der Waals surface area contributed by atoms with Crippen LogP contribution in [0.4, 0.5) is 0 Å². The molecule has 1 aliphatic rings. The first-order chi connectivity index (χ1) is 7.83. The van der Waals surface area contributed by atoms with Crippen molar-refractivity contribution in [1.82, 2.24) is 0 Å². The van der Waals surface area contributed by atoms with Crippen molar-refractivity contribution in [3.05, 3.63) is 0 Å². The summed E-state index contributed by atoms with van der Waals surface area (Å²) in [5.74, 6) is 0.530. The molecule has 3 nitrogen and oxygen atoms in total. The van der Waals surface area contributed by atoms with E-state index < -0.39 is 9.05 Å². The molecule has 0 aromatic heterocycles. The maximum Gasteiger partial charge on any atom is 0.233 e. The Morgan fingerprint density at radius 3 is 2.29 bits per heavy atom. The molecule has 0 atom stereocenters. The Morgan fingerprint density at radius 1 is 1.24 bits per heavy atom. The Balaban J connectivity index is 2.58. The first kappa shape index (κ1) is 15.3. The van der Waals surface area contributed by atoms with Crippen molar-refractivity contribution >= 4 is 19.7 Å². The van der Waals surface area contributed by atoms with Gasteiger partial charge >= 0.3 is 0 Å². The van der Waals surface area contributed by atoms with Crippen LogP contribution in [0.3, 0.4) is 0 Å². The molecule has 0 heterocycles. The summed E-state index contributed by atoms with van der Waals surface area (Å²) in [6, 6.07) is 0.